The van der Waals surface area contributed by atoms with Gasteiger partial charge in [0.2, 0.25) is 0 Å². The molecule has 0 saturated carbocycles. The van der Waals surface area contributed by atoms with Crippen LogP contribution in [-0.4, -0.2) is 42.0 Å². The number of benzene rings is 2. The number of fused-ring (bicyclic) bond motifs is 1. The molecular formula is C21H18ClF3N4O3. The summed E-state index contributed by atoms with van der Waals surface area (Å²) in [6.07, 6.45) is -4.79. The minimum absolute atomic E-state index is 0.123. The smallest absolute Gasteiger partial charge is 0.425 e. The van der Waals surface area contributed by atoms with Crippen molar-refractivity contribution < 1.29 is 27.4 Å². The molecule has 32 heavy (non-hydrogen) atoms. The summed E-state index contributed by atoms with van der Waals surface area (Å²) in [4.78, 5) is 19.1. The third-order valence-electron chi connectivity index (χ3n) is 4.74. The van der Waals surface area contributed by atoms with Crippen LogP contribution in [0.5, 0.6) is 17.5 Å². The van der Waals surface area contributed by atoms with E-state index in [1.165, 1.54) is 12.1 Å². The molecule has 168 valence electrons. The summed E-state index contributed by atoms with van der Waals surface area (Å²) < 4.78 is 48.5. The van der Waals surface area contributed by atoms with Gasteiger partial charge in [-0.05, 0) is 42.0 Å². The number of aromatic nitrogens is 2. The maximum Gasteiger partial charge on any atom is 0.573 e. The number of nitrogens with one attached hydrogen (secondary N) is 1. The number of rotatable bonds is 5. The number of carbonyl (C=O) groups excluding carboxylic acids is 1. The highest BCUT2D eigenvalue weighted by Gasteiger charge is 2.31. The van der Waals surface area contributed by atoms with Crippen LogP contribution in [0.3, 0.4) is 0 Å². The first-order valence-electron chi connectivity index (χ1n) is 9.57. The zero-order valence-corrected chi connectivity index (χ0v) is 17.6. The molecule has 2 aromatic carbocycles. The van der Waals surface area contributed by atoms with Crippen molar-refractivity contribution in [3.05, 3.63) is 64.8 Å². The van der Waals surface area contributed by atoms with Crippen LogP contribution in [-0.2, 0) is 6.54 Å². The Labute approximate surface area is 186 Å². The summed E-state index contributed by atoms with van der Waals surface area (Å²) in [7, 11) is 1.81. The topological polar surface area (TPSA) is 68.6 Å². The van der Waals surface area contributed by atoms with Gasteiger partial charge in [0.05, 0.1) is 6.54 Å². The SMILES string of the molecule is CN1CCNC(=O)c2c1nc(Oc1ccc(OC(F)(F)F)cc1)n2Cc1ccc(Cl)cc1. The highest BCUT2D eigenvalue weighted by Crippen LogP contribution is 2.32. The number of amides is 1. The van der Waals surface area contributed by atoms with Crippen LogP contribution in [0.1, 0.15) is 16.1 Å². The van der Waals surface area contributed by atoms with E-state index >= 15 is 0 Å². The summed E-state index contributed by atoms with van der Waals surface area (Å²) in [6, 6.07) is 12.2. The van der Waals surface area contributed by atoms with Crippen molar-refractivity contribution in [3.63, 3.8) is 0 Å². The number of carbonyl (C=O) groups is 1. The molecule has 0 saturated heterocycles. The molecule has 0 spiro atoms. The Morgan fingerprint density at radius 1 is 1.09 bits per heavy atom. The molecule has 1 aliphatic heterocycles. The molecule has 11 heteroatoms. The minimum Gasteiger partial charge on any atom is -0.425 e. The minimum atomic E-state index is -4.79. The fraction of sp³-hybridized carbons (Fsp3) is 0.238. The van der Waals surface area contributed by atoms with Crippen molar-refractivity contribution in [1.82, 2.24) is 14.9 Å². The summed E-state index contributed by atoms with van der Waals surface area (Å²) in [5.74, 6) is 0.0138. The number of imidazole rings is 1. The largest absolute Gasteiger partial charge is 0.573 e. The van der Waals surface area contributed by atoms with Crippen LogP contribution in [0.4, 0.5) is 19.0 Å². The summed E-state index contributed by atoms with van der Waals surface area (Å²) >= 11 is 5.97. The van der Waals surface area contributed by atoms with Gasteiger partial charge in [0.25, 0.3) is 5.91 Å². The molecule has 0 unspecified atom stereocenters. The molecule has 7 nitrogen and oxygen atoms in total. The highest BCUT2D eigenvalue weighted by molar-refractivity contribution is 6.30. The lowest BCUT2D eigenvalue weighted by molar-refractivity contribution is -0.274. The predicted octanol–water partition coefficient (Wildman–Crippen LogP) is 4.46. The van der Waals surface area contributed by atoms with Crippen molar-refractivity contribution in [1.29, 1.82) is 0 Å². The molecule has 0 bridgehead atoms. The van der Waals surface area contributed by atoms with Crippen LogP contribution < -0.4 is 19.7 Å². The van der Waals surface area contributed by atoms with Gasteiger partial charge < -0.3 is 19.7 Å². The highest BCUT2D eigenvalue weighted by atomic mass is 35.5. The number of ether oxygens (including phenoxy) is 2. The van der Waals surface area contributed by atoms with Crippen LogP contribution in [0, 0.1) is 0 Å². The van der Waals surface area contributed by atoms with E-state index < -0.39 is 6.36 Å². The first kappa shape index (κ1) is 21.8. The standard InChI is InChI=1S/C21H18ClF3N4O3/c1-28-11-10-26-19(30)17-18(28)27-20(29(17)12-13-2-4-14(22)5-3-13)31-15-6-8-16(9-7-15)32-21(23,24)25/h2-9H,10-12H2,1H3,(H,26,30). The van der Waals surface area contributed by atoms with E-state index in [1.54, 1.807) is 16.7 Å². The van der Waals surface area contributed by atoms with Crippen molar-refractivity contribution in [3.8, 4) is 17.5 Å². The van der Waals surface area contributed by atoms with Crippen molar-refractivity contribution in [2.24, 2.45) is 0 Å². The van der Waals surface area contributed by atoms with Crippen LogP contribution >= 0.6 is 11.6 Å². The molecule has 1 aromatic heterocycles. The molecule has 1 N–H and O–H groups in total. The Morgan fingerprint density at radius 3 is 2.41 bits per heavy atom. The van der Waals surface area contributed by atoms with Gasteiger partial charge in [-0.2, -0.15) is 4.98 Å². The zero-order valence-electron chi connectivity index (χ0n) is 16.8. The molecule has 0 fully saturated rings. The van der Waals surface area contributed by atoms with Crippen molar-refractivity contribution in [2.45, 2.75) is 12.9 Å². The average molecular weight is 467 g/mol. The lowest BCUT2D eigenvalue weighted by atomic mass is 10.2. The third-order valence-corrected chi connectivity index (χ3v) is 5.00. The monoisotopic (exact) mass is 466 g/mol. The Balaban J connectivity index is 1.69. The number of hydrogen-bond acceptors (Lipinski definition) is 5. The molecular weight excluding hydrogens is 449 g/mol. The lowest BCUT2D eigenvalue weighted by Crippen LogP contribution is -2.28. The van der Waals surface area contributed by atoms with Gasteiger partial charge in [0, 0.05) is 25.2 Å². The van der Waals surface area contributed by atoms with Gasteiger partial charge in [0.1, 0.15) is 11.5 Å². The summed E-state index contributed by atoms with van der Waals surface area (Å²) in [5, 5.41) is 3.41. The van der Waals surface area contributed by atoms with Gasteiger partial charge in [0.15, 0.2) is 11.5 Å². The first-order chi connectivity index (χ1) is 15.2. The number of halogens is 4. The fourth-order valence-corrected chi connectivity index (χ4v) is 3.38. The molecule has 0 radical (unpaired) electrons. The fourth-order valence-electron chi connectivity index (χ4n) is 3.25. The second kappa shape index (κ2) is 8.62. The molecule has 4 rings (SSSR count). The summed E-state index contributed by atoms with van der Waals surface area (Å²) in [6.45, 7) is 1.29. The van der Waals surface area contributed by atoms with E-state index in [-0.39, 0.29) is 30.0 Å². The van der Waals surface area contributed by atoms with E-state index in [2.05, 4.69) is 15.0 Å². The van der Waals surface area contributed by atoms with Gasteiger partial charge in [-0.15, -0.1) is 13.2 Å². The number of alkyl halides is 3. The maximum atomic E-state index is 12.8. The maximum absolute atomic E-state index is 12.8. The first-order valence-corrected chi connectivity index (χ1v) is 9.95. The van der Waals surface area contributed by atoms with E-state index in [0.29, 0.717) is 29.6 Å². The van der Waals surface area contributed by atoms with Crippen LogP contribution in [0.2, 0.25) is 5.02 Å². The Morgan fingerprint density at radius 2 is 1.75 bits per heavy atom. The second-order valence-electron chi connectivity index (χ2n) is 7.08. The van der Waals surface area contributed by atoms with E-state index in [4.69, 9.17) is 16.3 Å². The molecule has 3 aromatic rings. The lowest BCUT2D eigenvalue weighted by Gasteiger charge is -2.13. The predicted molar refractivity (Wildman–Crippen MR) is 112 cm³/mol. The Kier molecular flexibility index (Phi) is 5.88. The van der Waals surface area contributed by atoms with Gasteiger partial charge in [-0.3, -0.25) is 9.36 Å². The summed E-state index contributed by atoms with van der Waals surface area (Å²) in [5.41, 5.74) is 1.18. The normalized spacial score (nSPS) is 13.9. The zero-order chi connectivity index (χ0) is 22.9. The number of likely N-dealkylation sites (N-methyl/N-ethyl adjacent to an activating group) is 1. The van der Waals surface area contributed by atoms with Gasteiger partial charge in [-0.1, -0.05) is 23.7 Å². The second-order valence-corrected chi connectivity index (χ2v) is 7.51. The number of hydrogen-bond donors (Lipinski definition) is 1. The number of anilines is 1. The molecule has 0 aliphatic carbocycles. The average Bonchev–Trinajstić information content (AvgIpc) is 3.01. The van der Waals surface area contributed by atoms with Crippen LogP contribution in [0.25, 0.3) is 0 Å². The quantitative estimate of drug-likeness (QED) is 0.601. The van der Waals surface area contributed by atoms with Gasteiger partial charge >= 0.3 is 12.4 Å². The Hall–Kier alpha value is -3.40. The van der Waals surface area contributed by atoms with E-state index in [1.807, 2.05) is 24.1 Å². The molecule has 1 amide bonds. The van der Waals surface area contributed by atoms with Crippen LogP contribution in [0.15, 0.2) is 48.5 Å². The Bertz CT molecular complexity index is 1120. The molecule has 2 heterocycles. The third kappa shape index (κ3) is 4.91. The van der Waals surface area contributed by atoms with Crippen molar-refractivity contribution in [2.75, 3.05) is 25.0 Å². The molecule has 1 aliphatic rings. The van der Waals surface area contributed by atoms with E-state index in [0.717, 1.165) is 17.7 Å². The van der Waals surface area contributed by atoms with Crippen molar-refractivity contribution >= 4 is 23.3 Å². The number of nitrogens with zero attached hydrogens (tertiary/aromatic N) is 3. The molecule has 0 atom stereocenters. The van der Waals surface area contributed by atoms with E-state index in [9.17, 15) is 18.0 Å². The van der Waals surface area contributed by atoms with Gasteiger partial charge in [-0.25, -0.2) is 0 Å².